The fourth-order valence-electron chi connectivity index (χ4n) is 0.617. The number of nitrogens with zero attached hydrogens (tertiary/aromatic N) is 1. The van der Waals surface area contributed by atoms with Gasteiger partial charge in [-0.15, -0.1) is 0 Å². The van der Waals surface area contributed by atoms with Crippen molar-refractivity contribution in [1.29, 1.82) is 0 Å². The fraction of sp³-hybridized carbons (Fsp3) is 0.500. The van der Waals surface area contributed by atoms with Gasteiger partial charge in [-0.2, -0.15) is 0 Å². The van der Waals surface area contributed by atoms with E-state index in [2.05, 4.69) is 12.1 Å². The summed E-state index contributed by atoms with van der Waals surface area (Å²) in [7, 11) is 0. The molecule has 1 heterocycles. The molecule has 0 N–H and O–H groups in total. The second-order valence-electron chi connectivity index (χ2n) is 1.73. The third-order valence-electron chi connectivity index (χ3n) is 0.988. The maximum atomic E-state index is 4.82. The first kappa shape index (κ1) is 5.35. The minimum Gasteiger partial charge on any atom is -0.361 e. The second-order valence-corrected chi connectivity index (χ2v) is 1.73. The summed E-state index contributed by atoms with van der Waals surface area (Å²) in [6.45, 7) is 2.11. The van der Waals surface area contributed by atoms with Crippen molar-refractivity contribution in [3.63, 3.8) is 0 Å². The Labute approximate surface area is 48.5 Å². The monoisotopic (exact) mass is 111 g/mol. The van der Waals surface area contributed by atoms with E-state index in [1.165, 1.54) is 0 Å². The van der Waals surface area contributed by atoms with Crippen LogP contribution in [0.4, 0.5) is 0 Å². The average Bonchev–Trinajstić information content (AvgIpc) is 2.19. The number of aromatic nitrogens is 1. The molecular formula is C6H9NO. The molecule has 2 nitrogen and oxygen atoms in total. The van der Waals surface area contributed by atoms with Gasteiger partial charge in [0, 0.05) is 12.5 Å². The zero-order chi connectivity index (χ0) is 5.82. The summed E-state index contributed by atoms with van der Waals surface area (Å²) in [4.78, 5) is 0. The summed E-state index contributed by atoms with van der Waals surface area (Å²) in [6.07, 6.45) is 3.79. The predicted molar refractivity (Wildman–Crippen MR) is 30.5 cm³/mol. The van der Waals surface area contributed by atoms with Crippen LogP contribution in [0, 0.1) is 0 Å². The first-order valence-electron chi connectivity index (χ1n) is 2.83. The van der Waals surface area contributed by atoms with Crippen molar-refractivity contribution in [2.45, 2.75) is 19.8 Å². The van der Waals surface area contributed by atoms with Crippen LogP contribution in [0.15, 0.2) is 16.8 Å². The molecule has 0 aromatic carbocycles. The quantitative estimate of drug-likeness (QED) is 0.579. The van der Waals surface area contributed by atoms with Gasteiger partial charge in [-0.3, -0.25) is 0 Å². The van der Waals surface area contributed by atoms with Crippen LogP contribution in [0.5, 0.6) is 0 Å². The SMILES string of the molecule is CCCc1ccno1. The lowest BCUT2D eigenvalue weighted by Gasteiger charge is -1.83. The van der Waals surface area contributed by atoms with Gasteiger partial charge in [0.2, 0.25) is 0 Å². The van der Waals surface area contributed by atoms with Gasteiger partial charge in [0.1, 0.15) is 5.76 Å². The summed E-state index contributed by atoms with van der Waals surface area (Å²) in [5.41, 5.74) is 0. The highest BCUT2D eigenvalue weighted by molar-refractivity contribution is 4.91. The molecule has 0 radical (unpaired) electrons. The topological polar surface area (TPSA) is 26.0 Å². The zero-order valence-corrected chi connectivity index (χ0v) is 4.92. The van der Waals surface area contributed by atoms with Crippen molar-refractivity contribution in [2.24, 2.45) is 0 Å². The van der Waals surface area contributed by atoms with Crippen molar-refractivity contribution in [3.05, 3.63) is 18.0 Å². The van der Waals surface area contributed by atoms with Gasteiger partial charge in [0.25, 0.3) is 0 Å². The summed E-state index contributed by atoms with van der Waals surface area (Å²) in [5.74, 6) is 0.979. The Morgan fingerprint density at radius 1 is 1.75 bits per heavy atom. The fourth-order valence-corrected chi connectivity index (χ4v) is 0.617. The van der Waals surface area contributed by atoms with Gasteiger partial charge in [0.15, 0.2) is 0 Å². The van der Waals surface area contributed by atoms with Gasteiger partial charge < -0.3 is 4.52 Å². The van der Waals surface area contributed by atoms with Gasteiger partial charge in [-0.05, 0) is 6.42 Å². The number of hydrogen-bond donors (Lipinski definition) is 0. The minimum absolute atomic E-state index is 0.979. The Bertz CT molecular complexity index is 134. The van der Waals surface area contributed by atoms with Crippen molar-refractivity contribution >= 4 is 0 Å². The van der Waals surface area contributed by atoms with Crippen LogP contribution < -0.4 is 0 Å². The molecule has 1 rings (SSSR count). The number of rotatable bonds is 2. The molecule has 0 amide bonds. The third kappa shape index (κ3) is 1.09. The number of aryl methyl sites for hydroxylation is 1. The molecule has 1 aromatic heterocycles. The highest BCUT2D eigenvalue weighted by Gasteiger charge is 1.90. The first-order chi connectivity index (χ1) is 3.93. The minimum atomic E-state index is 0.979. The molecule has 0 aliphatic carbocycles. The van der Waals surface area contributed by atoms with E-state index >= 15 is 0 Å². The van der Waals surface area contributed by atoms with E-state index < -0.39 is 0 Å². The van der Waals surface area contributed by atoms with E-state index in [9.17, 15) is 0 Å². The summed E-state index contributed by atoms with van der Waals surface area (Å²) >= 11 is 0. The van der Waals surface area contributed by atoms with Crippen LogP contribution in [-0.2, 0) is 6.42 Å². The summed E-state index contributed by atoms with van der Waals surface area (Å²) in [6, 6.07) is 1.89. The molecule has 8 heavy (non-hydrogen) atoms. The molecule has 0 aliphatic heterocycles. The molecule has 0 spiro atoms. The molecule has 0 unspecified atom stereocenters. The molecule has 44 valence electrons. The van der Waals surface area contributed by atoms with Gasteiger partial charge in [-0.25, -0.2) is 0 Å². The largest absolute Gasteiger partial charge is 0.361 e. The normalized spacial score (nSPS) is 9.62. The Hall–Kier alpha value is -0.790. The van der Waals surface area contributed by atoms with Crippen LogP contribution in [0.25, 0.3) is 0 Å². The van der Waals surface area contributed by atoms with Gasteiger partial charge >= 0.3 is 0 Å². The van der Waals surface area contributed by atoms with Crippen LogP contribution >= 0.6 is 0 Å². The highest BCUT2D eigenvalue weighted by Crippen LogP contribution is 1.98. The molecule has 0 saturated heterocycles. The van der Waals surface area contributed by atoms with Crippen molar-refractivity contribution in [2.75, 3.05) is 0 Å². The van der Waals surface area contributed by atoms with Gasteiger partial charge in [-0.1, -0.05) is 12.1 Å². The van der Waals surface area contributed by atoms with E-state index in [0.717, 1.165) is 18.6 Å². The molecule has 1 aromatic rings. The Morgan fingerprint density at radius 2 is 2.62 bits per heavy atom. The molecule has 2 heteroatoms. The molecular weight excluding hydrogens is 102 g/mol. The van der Waals surface area contributed by atoms with Gasteiger partial charge in [0.05, 0.1) is 6.20 Å². The standard InChI is InChI=1S/C6H9NO/c1-2-3-6-4-5-7-8-6/h4-5H,2-3H2,1H3. The van der Waals surface area contributed by atoms with E-state index in [1.54, 1.807) is 6.20 Å². The lowest BCUT2D eigenvalue weighted by atomic mass is 10.3. The maximum Gasteiger partial charge on any atom is 0.136 e. The lowest BCUT2D eigenvalue weighted by molar-refractivity contribution is 0.382. The third-order valence-corrected chi connectivity index (χ3v) is 0.988. The van der Waals surface area contributed by atoms with Crippen LogP contribution in [0.1, 0.15) is 19.1 Å². The lowest BCUT2D eigenvalue weighted by Crippen LogP contribution is -1.74. The van der Waals surface area contributed by atoms with E-state index in [0.29, 0.717) is 0 Å². The molecule has 0 bridgehead atoms. The van der Waals surface area contributed by atoms with E-state index in [4.69, 9.17) is 4.52 Å². The van der Waals surface area contributed by atoms with Crippen molar-refractivity contribution < 1.29 is 4.52 Å². The highest BCUT2D eigenvalue weighted by atomic mass is 16.5. The molecule has 0 aliphatic rings. The molecule has 0 fully saturated rings. The van der Waals surface area contributed by atoms with E-state index in [1.807, 2.05) is 6.07 Å². The summed E-state index contributed by atoms with van der Waals surface area (Å²) in [5, 5.41) is 3.57. The zero-order valence-electron chi connectivity index (χ0n) is 4.92. The molecule has 0 atom stereocenters. The molecule has 0 saturated carbocycles. The smallest absolute Gasteiger partial charge is 0.136 e. The van der Waals surface area contributed by atoms with Crippen LogP contribution in [-0.4, -0.2) is 5.16 Å². The Kier molecular flexibility index (Phi) is 1.67. The Morgan fingerprint density at radius 3 is 3.12 bits per heavy atom. The van der Waals surface area contributed by atoms with Crippen LogP contribution in [0.2, 0.25) is 0 Å². The number of hydrogen-bond acceptors (Lipinski definition) is 2. The second kappa shape index (κ2) is 2.50. The van der Waals surface area contributed by atoms with Crippen molar-refractivity contribution in [3.8, 4) is 0 Å². The van der Waals surface area contributed by atoms with Crippen molar-refractivity contribution in [1.82, 2.24) is 5.16 Å². The Balaban J connectivity index is 2.50. The summed E-state index contributed by atoms with van der Waals surface area (Å²) < 4.78 is 4.82. The maximum absolute atomic E-state index is 4.82. The average molecular weight is 111 g/mol. The van der Waals surface area contributed by atoms with E-state index in [-0.39, 0.29) is 0 Å². The van der Waals surface area contributed by atoms with Crippen LogP contribution in [0.3, 0.4) is 0 Å². The first-order valence-corrected chi connectivity index (χ1v) is 2.83. The predicted octanol–water partition coefficient (Wildman–Crippen LogP) is 1.63.